The van der Waals surface area contributed by atoms with Gasteiger partial charge >= 0.3 is 5.97 Å². The van der Waals surface area contributed by atoms with Gasteiger partial charge < -0.3 is 14.8 Å². The molecule has 1 N–H and O–H groups in total. The summed E-state index contributed by atoms with van der Waals surface area (Å²) in [4.78, 5) is 25.5. The van der Waals surface area contributed by atoms with Gasteiger partial charge in [-0.25, -0.2) is 4.79 Å². The van der Waals surface area contributed by atoms with Gasteiger partial charge in [-0.1, -0.05) is 36.4 Å². The largest absolute Gasteiger partial charge is 0.496 e. The highest BCUT2D eigenvalue weighted by Crippen LogP contribution is 2.20. The van der Waals surface area contributed by atoms with Crippen molar-refractivity contribution in [1.82, 2.24) is 25.5 Å². The number of hydrogen-bond acceptors (Lipinski definition) is 7. The molecule has 0 spiro atoms. The van der Waals surface area contributed by atoms with E-state index in [2.05, 4.69) is 20.7 Å². The number of methoxy groups -OCH3 is 2. The van der Waals surface area contributed by atoms with Gasteiger partial charge in [0.15, 0.2) is 0 Å². The van der Waals surface area contributed by atoms with E-state index >= 15 is 0 Å². The van der Waals surface area contributed by atoms with E-state index in [1.165, 1.54) is 19.0 Å². The fourth-order valence-electron chi connectivity index (χ4n) is 2.85. The Bertz CT molecular complexity index is 1000. The number of benzene rings is 2. The van der Waals surface area contributed by atoms with Gasteiger partial charge in [0, 0.05) is 18.5 Å². The first kappa shape index (κ1) is 21.0. The van der Waals surface area contributed by atoms with Crippen molar-refractivity contribution in [3.8, 4) is 17.1 Å². The summed E-state index contributed by atoms with van der Waals surface area (Å²) in [5, 5.41) is 15.2. The molecule has 0 saturated carbocycles. The fourth-order valence-corrected chi connectivity index (χ4v) is 2.85. The zero-order valence-corrected chi connectivity index (χ0v) is 16.9. The zero-order chi connectivity index (χ0) is 21.3. The lowest BCUT2D eigenvalue weighted by molar-refractivity contribution is -0.121. The molecule has 9 nitrogen and oxygen atoms in total. The third kappa shape index (κ3) is 5.40. The van der Waals surface area contributed by atoms with E-state index in [1.807, 2.05) is 30.3 Å². The van der Waals surface area contributed by atoms with E-state index in [4.69, 9.17) is 9.47 Å². The molecule has 3 aromatic rings. The van der Waals surface area contributed by atoms with E-state index < -0.39 is 5.97 Å². The lowest BCUT2D eigenvalue weighted by Crippen LogP contribution is -2.23. The molecule has 1 heterocycles. The number of rotatable bonds is 9. The van der Waals surface area contributed by atoms with E-state index in [0.29, 0.717) is 43.1 Å². The van der Waals surface area contributed by atoms with Crippen LogP contribution in [0.4, 0.5) is 0 Å². The highest BCUT2D eigenvalue weighted by Gasteiger charge is 2.14. The standard InChI is InChI=1S/C21H23N5O4/c1-29-18-11-10-15(13-17(18)21(28)30-2)14-22-19(27)9-6-12-26-24-20(23-25-26)16-7-4-3-5-8-16/h3-5,7-8,10-11,13H,6,9,12,14H2,1-2H3,(H,22,27). The molecule has 0 saturated heterocycles. The second-order valence-corrected chi connectivity index (χ2v) is 6.48. The van der Waals surface area contributed by atoms with Gasteiger partial charge in [-0.3, -0.25) is 4.79 Å². The minimum Gasteiger partial charge on any atom is -0.496 e. The van der Waals surface area contributed by atoms with Crippen LogP contribution in [-0.4, -0.2) is 46.3 Å². The van der Waals surface area contributed by atoms with Crippen molar-refractivity contribution in [3.63, 3.8) is 0 Å². The minimum atomic E-state index is -0.491. The summed E-state index contributed by atoms with van der Waals surface area (Å²) >= 11 is 0. The quantitative estimate of drug-likeness (QED) is 0.540. The van der Waals surface area contributed by atoms with Crippen LogP contribution < -0.4 is 10.1 Å². The van der Waals surface area contributed by atoms with Gasteiger partial charge in [-0.2, -0.15) is 4.80 Å². The Morgan fingerprint density at radius 1 is 1.10 bits per heavy atom. The number of nitrogens with zero attached hydrogens (tertiary/aromatic N) is 4. The van der Waals surface area contributed by atoms with E-state index in [0.717, 1.165) is 11.1 Å². The molecular formula is C21H23N5O4. The van der Waals surface area contributed by atoms with Crippen LogP contribution >= 0.6 is 0 Å². The molecule has 1 amide bonds. The first-order chi connectivity index (χ1) is 14.6. The zero-order valence-electron chi connectivity index (χ0n) is 16.9. The number of carbonyl (C=O) groups is 2. The van der Waals surface area contributed by atoms with Crippen molar-refractivity contribution in [1.29, 1.82) is 0 Å². The Hall–Kier alpha value is -3.75. The van der Waals surface area contributed by atoms with Crippen LogP contribution in [0.25, 0.3) is 11.4 Å². The molecule has 30 heavy (non-hydrogen) atoms. The van der Waals surface area contributed by atoms with Crippen LogP contribution in [0.3, 0.4) is 0 Å². The second-order valence-electron chi connectivity index (χ2n) is 6.48. The molecule has 0 fully saturated rings. The molecule has 0 aliphatic rings. The highest BCUT2D eigenvalue weighted by atomic mass is 16.5. The topological polar surface area (TPSA) is 108 Å². The number of carbonyl (C=O) groups excluding carboxylic acids is 2. The van der Waals surface area contributed by atoms with E-state index in [1.54, 1.807) is 18.2 Å². The van der Waals surface area contributed by atoms with E-state index in [9.17, 15) is 9.59 Å². The van der Waals surface area contributed by atoms with Crippen LogP contribution in [0.2, 0.25) is 0 Å². The van der Waals surface area contributed by atoms with Gasteiger partial charge in [0.2, 0.25) is 11.7 Å². The first-order valence-electron chi connectivity index (χ1n) is 9.46. The Kier molecular flexibility index (Phi) is 7.09. The van der Waals surface area contributed by atoms with Gasteiger partial charge in [0.1, 0.15) is 11.3 Å². The van der Waals surface area contributed by atoms with Crippen LogP contribution in [-0.2, 0) is 22.6 Å². The predicted molar refractivity (Wildman–Crippen MR) is 109 cm³/mol. The molecule has 2 aromatic carbocycles. The molecule has 0 aliphatic carbocycles. The number of aryl methyl sites for hydroxylation is 1. The minimum absolute atomic E-state index is 0.103. The maximum absolute atomic E-state index is 12.1. The average Bonchev–Trinajstić information content (AvgIpc) is 3.26. The summed E-state index contributed by atoms with van der Waals surface area (Å²) in [6.07, 6.45) is 0.897. The number of amides is 1. The second kappa shape index (κ2) is 10.1. The van der Waals surface area contributed by atoms with Gasteiger partial charge in [0.25, 0.3) is 0 Å². The third-order valence-corrected chi connectivity index (χ3v) is 4.41. The molecule has 156 valence electrons. The number of tetrazole rings is 1. The van der Waals surface area contributed by atoms with E-state index in [-0.39, 0.29) is 5.91 Å². The maximum Gasteiger partial charge on any atom is 0.341 e. The van der Waals surface area contributed by atoms with Crippen LogP contribution in [0.1, 0.15) is 28.8 Å². The van der Waals surface area contributed by atoms with Crippen LogP contribution in [0.15, 0.2) is 48.5 Å². The van der Waals surface area contributed by atoms with Gasteiger partial charge in [-0.05, 0) is 29.3 Å². The summed E-state index contributed by atoms with van der Waals surface area (Å²) in [6.45, 7) is 0.787. The average molecular weight is 409 g/mol. The van der Waals surface area contributed by atoms with Crippen molar-refractivity contribution in [2.24, 2.45) is 0 Å². The van der Waals surface area contributed by atoms with Crippen molar-refractivity contribution >= 4 is 11.9 Å². The van der Waals surface area contributed by atoms with Crippen LogP contribution in [0, 0.1) is 0 Å². The Morgan fingerprint density at radius 3 is 2.63 bits per heavy atom. The summed E-state index contributed by atoms with van der Waals surface area (Å²) < 4.78 is 9.93. The van der Waals surface area contributed by atoms with Crippen molar-refractivity contribution < 1.29 is 19.1 Å². The molecule has 3 rings (SSSR count). The molecule has 0 bridgehead atoms. The number of nitrogens with one attached hydrogen (secondary N) is 1. The Morgan fingerprint density at radius 2 is 1.90 bits per heavy atom. The summed E-state index contributed by atoms with van der Waals surface area (Å²) in [7, 11) is 2.79. The molecule has 0 unspecified atom stereocenters. The third-order valence-electron chi connectivity index (χ3n) is 4.41. The monoisotopic (exact) mass is 409 g/mol. The number of ether oxygens (including phenoxy) is 2. The number of aromatic nitrogens is 4. The molecule has 9 heteroatoms. The van der Waals surface area contributed by atoms with Crippen molar-refractivity contribution in [2.75, 3.05) is 14.2 Å². The Balaban J connectivity index is 1.47. The molecule has 0 radical (unpaired) electrons. The summed E-state index contributed by atoms with van der Waals surface area (Å²) in [5.74, 6) is 0.386. The summed E-state index contributed by atoms with van der Waals surface area (Å²) in [5.41, 5.74) is 1.99. The van der Waals surface area contributed by atoms with Crippen molar-refractivity contribution in [3.05, 3.63) is 59.7 Å². The normalized spacial score (nSPS) is 10.5. The molecule has 1 aromatic heterocycles. The lowest BCUT2D eigenvalue weighted by Gasteiger charge is -2.10. The SMILES string of the molecule is COC(=O)c1cc(CNC(=O)CCCn2nnc(-c3ccccc3)n2)ccc1OC. The molecular weight excluding hydrogens is 386 g/mol. The van der Waals surface area contributed by atoms with Crippen LogP contribution in [0.5, 0.6) is 5.75 Å². The predicted octanol–water partition coefficient (Wildman–Crippen LogP) is 2.23. The summed E-state index contributed by atoms with van der Waals surface area (Å²) in [6, 6.07) is 14.7. The van der Waals surface area contributed by atoms with Gasteiger partial charge in [0.05, 0.1) is 20.8 Å². The smallest absolute Gasteiger partial charge is 0.341 e. The number of esters is 1. The van der Waals surface area contributed by atoms with Gasteiger partial charge in [-0.15, -0.1) is 10.2 Å². The maximum atomic E-state index is 12.1. The molecule has 0 aliphatic heterocycles. The first-order valence-corrected chi connectivity index (χ1v) is 9.46. The highest BCUT2D eigenvalue weighted by molar-refractivity contribution is 5.92. The fraction of sp³-hybridized carbons (Fsp3) is 0.286. The Labute approximate surface area is 174 Å². The molecule has 0 atom stereocenters. The lowest BCUT2D eigenvalue weighted by atomic mass is 10.1. The van der Waals surface area contributed by atoms with Crippen molar-refractivity contribution in [2.45, 2.75) is 25.9 Å². The number of hydrogen-bond donors (Lipinski definition) is 1.